The van der Waals surface area contributed by atoms with Gasteiger partial charge in [0.25, 0.3) is 0 Å². The van der Waals surface area contributed by atoms with Crippen LogP contribution in [0.4, 0.5) is 0 Å². The number of carbonyl (C=O) groups excluding carboxylic acids is 4. The van der Waals surface area contributed by atoms with Crippen molar-refractivity contribution in [2.75, 3.05) is 6.61 Å². The summed E-state index contributed by atoms with van der Waals surface area (Å²) in [6.07, 6.45) is -5.26. The fourth-order valence-corrected chi connectivity index (χ4v) is 7.98. The second-order valence-corrected chi connectivity index (χ2v) is 13.7. The molecule has 1 unspecified atom stereocenters. The summed E-state index contributed by atoms with van der Waals surface area (Å²) >= 11 is 0. The van der Waals surface area contributed by atoms with E-state index in [9.17, 15) is 39.6 Å². The van der Waals surface area contributed by atoms with Gasteiger partial charge in [-0.2, -0.15) is 0 Å². The summed E-state index contributed by atoms with van der Waals surface area (Å²) in [6.45, 7) is 12.1. The fraction of sp³-hybridized carbons (Fsp3) is 0.742. The van der Waals surface area contributed by atoms with Crippen molar-refractivity contribution in [2.24, 2.45) is 16.7 Å². The summed E-state index contributed by atoms with van der Waals surface area (Å²) < 4.78 is 17.2. The van der Waals surface area contributed by atoms with E-state index in [0.29, 0.717) is 12.0 Å². The summed E-state index contributed by atoms with van der Waals surface area (Å²) in [5.74, 6) is -4.13. The molecule has 2 radical (unpaired) electrons. The van der Waals surface area contributed by atoms with E-state index in [2.05, 4.69) is 5.32 Å². The van der Waals surface area contributed by atoms with E-state index in [1.165, 1.54) is 13.0 Å². The van der Waals surface area contributed by atoms with Gasteiger partial charge in [0.15, 0.2) is 11.9 Å². The Labute approximate surface area is 335 Å². The molecule has 1 heterocycles. The number of amides is 1. The van der Waals surface area contributed by atoms with Crippen LogP contribution >= 0.6 is 0 Å². The first-order valence-corrected chi connectivity index (χ1v) is 14.7. The molecule has 4 rings (SSSR count). The van der Waals surface area contributed by atoms with Gasteiger partial charge in [-0.3, -0.25) is 14.4 Å². The van der Waals surface area contributed by atoms with Gasteiger partial charge < -0.3 is 40.0 Å². The molecule has 3 aliphatic carbocycles. The van der Waals surface area contributed by atoms with Gasteiger partial charge in [0.2, 0.25) is 5.91 Å². The SMILES string of the molecule is CC(=O)N[C@@H](C=C(C)C)[C@@H](O)C(=O)O[C@H]1C[C@@]2(O)C(OC(C)=O)[C@@H]3[C@]4(O)CO[C@@H]4CC[C@@]3(C)C(=O)[C@H](O)C(=C1C)C2(C)C.[Ac].[Ac]. The van der Waals surface area contributed by atoms with Crippen molar-refractivity contribution in [3.05, 3.63) is 22.8 Å². The van der Waals surface area contributed by atoms with Gasteiger partial charge in [0.05, 0.1) is 18.8 Å². The van der Waals surface area contributed by atoms with Crippen molar-refractivity contribution in [1.29, 1.82) is 0 Å². The molecule has 1 amide bonds. The molecule has 0 spiro atoms. The number of esters is 2. The van der Waals surface area contributed by atoms with E-state index < -0.39 is 88.1 Å². The molecule has 10 atom stereocenters. The molecule has 246 valence electrons. The van der Waals surface area contributed by atoms with Gasteiger partial charge in [-0.05, 0) is 44.8 Å². The maximum absolute atomic E-state index is 14.2. The van der Waals surface area contributed by atoms with Crippen molar-refractivity contribution in [2.45, 2.75) is 122 Å². The zero-order chi connectivity index (χ0) is 32.4. The number of aliphatic hydroxyl groups excluding tert-OH is 2. The Kier molecular flexibility index (Phi) is 13.4. The molecular formula is C31H45Ac2NO11. The molecule has 45 heavy (non-hydrogen) atoms. The number of allylic oxidation sites excluding steroid dienone is 1. The van der Waals surface area contributed by atoms with Gasteiger partial charge in [0, 0.05) is 125 Å². The van der Waals surface area contributed by atoms with Gasteiger partial charge >= 0.3 is 11.9 Å². The zero-order valence-electron chi connectivity index (χ0n) is 27.2. The van der Waals surface area contributed by atoms with E-state index in [-0.39, 0.29) is 113 Å². The second-order valence-electron chi connectivity index (χ2n) is 13.7. The number of fused-ring (bicyclic) bond motifs is 5. The van der Waals surface area contributed by atoms with Crippen LogP contribution in [0.1, 0.15) is 74.7 Å². The monoisotopic (exact) mass is 1060 g/mol. The Bertz CT molecular complexity index is 1280. The van der Waals surface area contributed by atoms with E-state index in [4.69, 9.17) is 14.2 Å². The summed E-state index contributed by atoms with van der Waals surface area (Å²) in [6, 6.07) is -1.11. The Morgan fingerprint density at radius 3 is 2.16 bits per heavy atom. The maximum atomic E-state index is 14.2. The first kappa shape index (κ1) is 41.4. The molecule has 4 aliphatic rings. The number of Topliss-reactive ketones (excluding diaryl/α,β-unsaturated/α-hetero) is 1. The number of rotatable bonds is 6. The summed E-state index contributed by atoms with van der Waals surface area (Å²) in [5.41, 5.74) is -5.39. The van der Waals surface area contributed by atoms with E-state index in [1.807, 2.05) is 0 Å². The number of nitrogens with one attached hydrogen (secondary N) is 1. The van der Waals surface area contributed by atoms with Crippen molar-refractivity contribution < 1.29 is 142 Å². The molecule has 1 saturated heterocycles. The zero-order valence-corrected chi connectivity index (χ0v) is 36.7. The molecule has 3 fully saturated rings. The second kappa shape index (κ2) is 14.6. The van der Waals surface area contributed by atoms with Crippen molar-refractivity contribution in [1.82, 2.24) is 5.32 Å². The number of carbonyl (C=O) groups is 4. The van der Waals surface area contributed by atoms with Crippen molar-refractivity contribution >= 4 is 23.6 Å². The third kappa shape index (κ3) is 6.99. The Balaban J connectivity index is 0.00000353. The van der Waals surface area contributed by atoms with Crippen LogP contribution in [0.3, 0.4) is 0 Å². The van der Waals surface area contributed by atoms with Gasteiger partial charge in [-0.1, -0.05) is 32.4 Å². The van der Waals surface area contributed by atoms with Crippen molar-refractivity contribution in [3.8, 4) is 0 Å². The van der Waals surface area contributed by atoms with Gasteiger partial charge in [-0.25, -0.2) is 4.79 Å². The molecule has 14 heteroatoms. The summed E-state index contributed by atoms with van der Waals surface area (Å²) in [7, 11) is 0. The topological polar surface area (TPSA) is 189 Å². The van der Waals surface area contributed by atoms with Crippen LogP contribution in [0.15, 0.2) is 22.8 Å². The first-order chi connectivity index (χ1) is 19.7. The predicted molar refractivity (Wildman–Crippen MR) is 151 cm³/mol. The minimum atomic E-state index is -2.07. The van der Waals surface area contributed by atoms with Crippen LogP contribution in [0.25, 0.3) is 0 Å². The minimum Gasteiger partial charge on any atom is -0.459 e. The Morgan fingerprint density at radius 2 is 1.67 bits per heavy atom. The molecule has 0 aromatic heterocycles. The van der Waals surface area contributed by atoms with Crippen LogP contribution < -0.4 is 5.32 Å². The minimum absolute atomic E-state index is 0. The standard InChI is InChI=1S/C31H45NO11.2Ac/c1-14(2)11-18(32-16(4)33)22(35)27(38)43-19-12-31(40)26(42-17(5)34)24-29(8,10-9-20-30(24,39)13-41-20)25(37)23(36)21(15(19)3)28(31,6)7;;/h11,18-20,22-24,26,35-36,39-40H,9-10,12-13H2,1-8H3,(H,32,33);;/t18-,19-,20+,22+,23+,24-,26?,29+,30-,31+;;/m0../s1. The van der Waals surface area contributed by atoms with Gasteiger partial charge in [0.1, 0.15) is 29.5 Å². The number of hydrogen-bond donors (Lipinski definition) is 5. The number of aliphatic hydroxyl groups is 4. The number of ether oxygens (including phenoxy) is 3. The predicted octanol–water partition coefficient (Wildman–Crippen LogP) is 0.629. The normalized spacial score (nSPS) is 37.7. The third-order valence-corrected chi connectivity index (χ3v) is 10.3. The average Bonchev–Trinajstić information content (AvgIpc) is 2.87. The molecule has 1 aliphatic heterocycles. The van der Waals surface area contributed by atoms with E-state index in [1.54, 1.807) is 41.5 Å². The molecule has 2 bridgehead atoms. The maximum Gasteiger partial charge on any atom is 0.338 e. The first-order valence-electron chi connectivity index (χ1n) is 14.7. The summed E-state index contributed by atoms with van der Waals surface area (Å²) in [4.78, 5) is 51.9. The average molecular weight is 1060 g/mol. The van der Waals surface area contributed by atoms with Crippen LogP contribution in [0.5, 0.6) is 0 Å². The van der Waals surface area contributed by atoms with E-state index in [0.717, 1.165) is 12.5 Å². The van der Waals surface area contributed by atoms with E-state index >= 15 is 0 Å². The fourth-order valence-electron chi connectivity index (χ4n) is 7.98. The van der Waals surface area contributed by atoms with Crippen LogP contribution in [0, 0.1) is 105 Å². The summed E-state index contributed by atoms with van der Waals surface area (Å²) in [5, 5.41) is 49.7. The van der Waals surface area contributed by atoms with Gasteiger partial charge in [-0.15, -0.1) is 0 Å². The molecule has 2 saturated carbocycles. The molecular weight excluding hydrogens is 1020 g/mol. The van der Waals surface area contributed by atoms with Crippen molar-refractivity contribution in [3.63, 3.8) is 0 Å². The molecule has 0 aromatic rings. The van der Waals surface area contributed by atoms with Crippen LogP contribution in [0.2, 0.25) is 0 Å². The number of hydrogen-bond acceptors (Lipinski definition) is 11. The van der Waals surface area contributed by atoms with Crippen LogP contribution in [-0.2, 0) is 33.4 Å². The number of ketones is 1. The molecule has 5 N–H and O–H groups in total. The Hall–Kier alpha value is 0.243. The quantitative estimate of drug-likeness (QED) is 0.186. The van der Waals surface area contributed by atoms with Crippen LogP contribution in [-0.4, -0.2) is 98.4 Å². The third-order valence-electron chi connectivity index (χ3n) is 10.3. The molecule has 12 nitrogen and oxygen atoms in total. The molecule has 0 aromatic carbocycles. The Morgan fingerprint density at radius 1 is 1.07 bits per heavy atom. The smallest absolute Gasteiger partial charge is 0.338 e. The largest absolute Gasteiger partial charge is 0.459 e.